The van der Waals surface area contributed by atoms with Crippen LogP contribution in [0.25, 0.3) is 0 Å². The molecule has 0 spiro atoms. The molecule has 1 aromatic heterocycles. The first-order valence-electron chi connectivity index (χ1n) is 7.69. The van der Waals surface area contributed by atoms with Crippen molar-refractivity contribution in [3.63, 3.8) is 0 Å². The van der Waals surface area contributed by atoms with E-state index in [2.05, 4.69) is 28.4 Å². The molecule has 1 unspecified atom stereocenters. The predicted molar refractivity (Wildman–Crippen MR) is 80.7 cm³/mol. The molecule has 19 heavy (non-hydrogen) atoms. The van der Waals surface area contributed by atoms with E-state index in [-0.39, 0.29) is 0 Å². The lowest BCUT2D eigenvalue weighted by molar-refractivity contribution is 0.189. The summed E-state index contributed by atoms with van der Waals surface area (Å²) in [4.78, 5) is 8.72. The molecule has 0 amide bonds. The summed E-state index contributed by atoms with van der Waals surface area (Å²) < 4.78 is 0. The van der Waals surface area contributed by atoms with Gasteiger partial charge in [-0.2, -0.15) is 0 Å². The largest absolute Gasteiger partial charge is 0.316 e. The van der Waals surface area contributed by atoms with Gasteiger partial charge in [-0.1, -0.05) is 12.8 Å². The van der Waals surface area contributed by atoms with Gasteiger partial charge in [-0.15, -0.1) is 11.3 Å². The highest BCUT2D eigenvalue weighted by molar-refractivity contribution is 7.11. The Bertz CT molecular complexity index is 398. The smallest absolute Gasteiger partial charge is 0.0959 e. The molecule has 1 aliphatic carbocycles. The third-order valence-corrected chi connectivity index (χ3v) is 5.71. The zero-order valence-electron chi connectivity index (χ0n) is 11.9. The first-order valence-corrected chi connectivity index (χ1v) is 8.51. The van der Waals surface area contributed by atoms with Crippen molar-refractivity contribution in [2.24, 2.45) is 0 Å². The Balaban J connectivity index is 1.57. The minimum absolute atomic E-state index is 0.677. The Labute approximate surface area is 120 Å². The Morgan fingerprint density at radius 3 is 2.95 bits per heavy atom. The van der Waals surface area contributed by atoms with Gasteiger partial charge in [0.25, 0.3) is 0 Å². The summed E-state index contributed by atoms with van der Waals surface area (Å²) in [7, 11) is 2.08. The molecule has 2 fully saturated rings. The molecule has 4 heteroatoms. The average Bonchev–Trinajstić information content (AvgIpc) is 3.09. The van der Waals surface area contributed by atoms with Crippen LogP contribution in [0.2, 0.25) is 0 Å². The fraction of sp³-hybridized carbons (Fsp3) is 0.800. The summed E-state index contributed by atoms with van der Waals surface area (Å²) in [5, 5.41) is 4.81. The summed E-state index contributed by atoms with van der Waals surface area (Å²) in [6, 6.07) is 0.677. The van der Waals surface area contributed by atoms with E-state index in [1.54, 1.807) is 0 Å². The van der Waals surface area contributed by atoms with Gasteiger partial charge in [0.1, 0.15) is 0 Å². The van der Waals surface area contributed by atoms with E-state index >= 15 is 0 Å². The van der Waals surface area contributed by atoms with Crippen molar-refractivity contribution in [1.29, 1.82) is 0 Å². The summed E-state index contributed by atoms with van der Waals surface area (Å²) in [5.74, 6) is 0.769. The fourth-order valence-corrected chi connectivity index (χ4v) is 4.54. The Kier molecular flexibility index (Phi) is 4.51. The van der Waals surface area contributed by atoms with Crippen molar-refractivity contribution in [2.75, 3.05) is 20.1 Å². The van der Waals surface area contributed by atoms with Crippen molar-refractivity contribution < 1.29 is 0 Å². The third-order valence-electron chi connectivity index (χ3n) is 4.57. The first-order chi connectivity index (χ1) is 9.35. The van der Waals surface area contributed by atoms with Crippen LogP contribution in [0.3, 0.4) is 0 Å². The number of hydrogen-bond donors (Lipinski definition) is 1. The molecule has 106 valence electrons. The van der Waals surface area contributed by atoms with Crippen molar-refractivity contribution in [1.82, 2.24) is 15.2 Å². The zero-order valence-corrected chi connectivity index (χ0v) is 12.7. The van der Waals surface area contributed by atoms with Crippen LogP contribution >= 0.6 is 11.3 Å². The zero-order chi connectivity index (χ0) is 13.1. The minimum atomic E-state index is 0.677. The molecular formula is C15H25N3S. The summed E-state index contributed by atoms with van der Waals surface area (Å²) in [5.41, 5.74) is 0. The predicted octanol–water partition coefficient (Wildman–Crippen LogP) is 2.98. The van der Waals surface area contributed by atoms with E-state index in [0.717, 1.165) is 12.5 Å². The van der Waals surface area contributed by atoms with E-state index < -0.39 is 0 Å². The molecule has 0 bridgehead atoms. The monoisotopic (exact) mass is 279 g/mol. The molecule has 1 saturated carbocycles. The van der Waals surface area contributed by atoms with E-state index in [9.17, 15) is 0 Å². The summed E-state index contributed by atoms with van der Waals surface area (Å²) in [6.45, 7) is 3.53. The second-order valence-electron chi connectivity index (χ2n) is 6.01. The molecule has 1 saturated heterocycles. The molecule has 3 nitrogen and oxygen atoms in total. The van der Waals surface area contributed by atoms with Gasteiger partial charge in [-0.05, 0) is 39.3 Å². The average molecular weight is 279 g/mol. The maximum Gasteiger partial charge on any atom is 0.0959 e. The molecule has 0 radical (unpaired) electrons. The lowest BCUT2D eigenvalue weighted by Gasteiger charge is -2.32. The molecule has 1 aliphatic heterocycles. The van der Waals surface area contributed by atoms with Crippen LogP contribution in [0.15, 0.2) is 6.20 Å². The van der Waals surface area contributed by atoms with Crippen LogP contribution in [0.4, 0.5) is 0 Å². The SMILES string of the molecule is CNC1CCCN(Cc2cnc(C3CCCC3)s2)C1. The molecule has 2 aliphatic rings. The van der Waals surface area contributed by atoms with Crippen molar-refractivity contribution in [3.8, 4) is 0 Å². The molecular weight excluding hydrogens is 254 g/mol. The number of thiazole rings is 1. The van der Waals surface area contributed by atoms with Gasteiger partial charge in [-0.3, -0.25) is 4.90 Å². The van der Waals surface area contributed by atoms with E-state index in [0.29, 0.717) is 6.04 Å². The molecule has 1 aromatic rings. The van der Waals surface area contributed by atoms with Crippen molar-refractivity contribution in [3.05, 3.63) is 16.1 Å². The lowest BCUT2D eigenvalue weighted by Crippen LogP contribution is -2.43. The van der Waals surface area contributed by atoms with Crippen LogP contribution in [0, 0.1) is 0 Å². The highest BCUT2D eigenvalue weighted by atomic mass is 32.1. The highest BCUT2D eigenvalue weighted by Crippen LogP contribution is 2.36. The van der Waals surface area contributed by atoms with Gasteiger partial charge in [0.2, 0.25) is 0 Å². The van der Waals surface area contributed by atoms with Crippen LogP contribution < -0.4 is 5.32 Å². The molecule has 1 atom stereocenters. The summed E-state index contributed by atoms with van der Waals surface area (Å²) in [6.07, 6.45) is 10.3. The molecule has 2 heterocycles. The summed E-state index contributed by atoms with van der Waals surface area (Å²) >= 11 is 1.96. The normalized spacial score (nSPS) is 26.1. The topological polar surface area (TPSA) is 28.2 Å². The Morgan fingerprint density at radius 1 is 1.32 bits per heavy atom. The lowest BCUT2D eigenvalue weighted by atomic mass is 10.1. The molecule has 0 aromatic carbocycles. The van der Waals surface area contributed by atoms with Crippen molar-refractivity contribution >= 4 is 11.3 Å². The van der Waals surface area contributed by atoms with E-state index in [1.165, 1.54) is 61.5 Å². The quantitative estimate of drug-likeness (QED) is 0.918. The van der Waals surface area contributed by atoms with Crippen LogP contribution in [-0.2, 0) is 6.54 Å². The second-order valence-corrected chi connectivity index (χ2v) is 7.16. The number of nitrogens with one attached hydrogen (secondary N) is 1. The minimum Gasteiger partial charge on any atom is -0.316 e. The van der Waals surface area contributed by atoms with Gasteiger partial charge in [0.05, 0.1) is 5.01 Å². The maximum absolute atomic E-state index is 4.68. The second kappa shape index (κ2) is 6.33. The first kappa shape index (κ1) is 13.5. The fourth-order valence-electron chi connectivity index (χ4n) is 3.41. The highest BCUT2D eigenvalue weighted by Gasteiger charge is 2.22. The number of likely N-dealkylation sites (tertiary alicyclic amines) is 1. The van der Waals surface area contributed by atoms with E-state index in [4.69, 9.17) is 0 Å². The maximum atomic E-state index is 4.68. The van der Waals surface area contributed by atoms with Gasteiger partial charge in [0.15, 0.2) is 0 Å². The molecule has 3 rings (SSSR count). The van der Waals surface area contributed by atoms with Crippen LogP contribution in [0.1, 0.15) is 54.3 Å². The number of likely N-dealkylation sites (N-methyl/N-ethyl adjacent to an activating group) is 1. The standard InChI is InChI=1S/C15H25N3S/c1-16-13-7-4-8-18(10-13)11-14-9-17-15(19-14)12-5-2-3-6-12/h9,12-13,16H,2-8,10-11H2,1H3. The number of piperidine rings is 1. The Hall–Kier alpha value is -0.450. The van der Waals surface area contributed by atoms with Gasteiger partial charge in [-0.25, -0.2) is 4.98 Å². The van der Waals surface area contributed by atoms with Crippen molar-refractivity contribution in [2.45, 2.75) is 57.0 Å². The number of hydrogen-bond acceptors (Lipinski definition) is 4. The van der Waals surface area contributed by atoms with Gasteiger partial charge in [0, 0.05) is 36.1 Å². The number of rotatable bonds is 4. The van der Waals surface area contributed by atoms with Gasteiger partial charge < -0.3 is 5.32 Å². The molecule has 1 N–H and O–H groups in total. The Morgan fingerprint density at radius 2 is 2.16 bits per heavy atom. The number of aromatic nitrogens is 1. The van der Waals surface area contributed by atoms with E-state index in [1.807, 2.05) is 11.3 Å². The van der Waals surface area contributed by atoms with Gasteiger partial charge >= 0.3 is 0 Å². The number of nitrogens with zero attached hydrogens (tertiary/aromatic N) is 2. The van der Waals surface area contributed by atoms with Crippen LogP contribution in [0.5, 0.6) is 0 Å². The third kappa shape index (κ3) is 3.36. The van der Waals surface area contributed by atoms with Crippen LogP contribution in [-0.4, -0.2) is 36.1 Å².